The van der Waals surface area contributed by atoms with E-state index >= 15 is 0 Å². The molecule has 5 atom stereocenters. The van der Waals surface area contributed by atoms with Crippen molar-refractivity contribution in [3.8, 4) is 11.1 Å². The molecule has 8 nitrogen and oxygen atoms in total. The van der Waals surface area contributed by atoms with Crippen molar-refractivity contribution in [2.45, 2.75) is 71.0 Å². The van der Waals surface area contributed by atoms with Crippen LogP contribution < -0.4 is 5.32 Å². The van der Waals surface area contributed by atoms with Crippen LogP contribution in [0.25, 0.3) is 11.1 Å². The number of esters is 1. The Hall–Kier alpha value is -4.34. The van der Waals surface area contributed by atoms with E-state index in [0.717, 1.165) is 39.9 Å². The normalized spacial score (nSPS) is 19.1. The van der Waals surface area contributed by atoms with Crippen LogP contribution in [0.15, 0.2) is 103 Å². The van der Waals surface area contributed by atoms with Crippen molar-refractivity contribution in [1.29, 1.82) is 0 Å². The first-order valence-corrected chi connectivity index (χ1v) is 16.1. The zero-order valence-electron chi connectivity index (χ0n) is 27.5. The summed E-state index contributed by atoms with van der Waals surface area (Å²) in [7, 11) is 2.13. The molecule has 0 bridgehead atoms. The maximum absolute atomic E-state index is 12.4. The smallest absolute Gasteiger partial charge is 0.303 e. The second-order valence-electron chi connectivity index (χ2n) is 12.2. The predicted molar refractivity (Wildman–Crippen MR) is 181 cm³/mol. The molecule has 1 fully saturated rings. The minimum absolute atomic E-state index is 0.00387. The SMILES string of the molecule is CC(=O)OC(C)C(=O)NCc1cccc(-c2cccc(C3OC(CN(C)C(C)c4ccccc4)CC(c4ccc(CO)cc4)O3)c2)c1. The number of benzene rings is 4. The van der Waals surface area contributed by atoms with Gasteiger partial charge >= 0.3 is 5.97 Å². The molecule has 4 aromatic carbocycles. The van der Waals surface area contributed by atoms with Gasteiger partial charge in [-0.25, -0.2) is 0 Å². The number of nitrogens with one attached hydrogen (secondary N) is 1. The third-order valence-corrected chi connectivity index (χ3v) is 8.65. The molecule has 5 rings (SSSR count). The average Bonchev–Trinajstić information content (AvgIpc) is 3.10. The summed E-state index contributed by atoms with van der Waals surface area (Å²) in [4.78, 5) is 25.9. The van der Waals surface area contributed by atoms with Gasteiger partial charge in [0.05, 0.1) is 18.8 Å². The molecule has 0 radical (unpaired) electrons. The van der Waals surface area contributed by atoms with Gasteiger partial charge in [-0.15, -0.1) is 0 Å². The molecule has 246 valence electrons. The molecule has 0 spiro atoms. The number of carbonyl (C=O) groups is 2. The van der Waals surface area contributed by atoms with Crippen LogP contribution in [-0.2, 0) is 37.0 Å². The fraction of sp³-hybridized carbons (Fsp3) is 0.333. The predicted octanol–water partition coefficient (Wildman–Crippen LogP) is 6.65. The van der Waals surface area contributed by atoms with Crippen LogP contribution in [0, 0.1) is 0 Å². The Morgan fingerprint density at radius 2 is 1.57 bits per heavy atom. The van der Waals surface area contributed by atoms with Crippen LogP contribution in [0.2, 0.25) is 0 Å². The molecule has 5 unspecified atom stereocenters. The van der Waals surface area contributed by atoms with E-state index in [1.807, 2.05) is 72.8 Å². The Labute approximate surface area is 277 Å². The lowest BCUT2D eigenvalue weighted by Crippen LogP contribution is -2.38. The maximum Gasteiger partial charge on any atom is 0.303 e. The quantitative estimate of drug-likeness (QED) is 0.168. The Bertz CT molecular complexity index is 1630. The number of aliphatic hydroxyl groups is 1. The highest BCUT2D eigenvalue weighted by Gasteiger charge is 2.33. The van der Waals surface area contributed by atoms with Crippen LogP contribution in [0.3, 0.4) is 0 Å². The van der Waals surface area contributed by atoms with Gasteiger partial charge < -0.3 is 24.6 Å². The first kappa shape index (κ1) is 34.0. The second kappa shape index (κ2) is 16.0. The Balaban J connectivity index is 1.34. The molecular formula is C39H44N2O6. The van der Waals surface area contributed by atoms with Crippen molar-refractivity contribution in [3.05, 3.63) is 131 Å². The molecule has 0 saturated carbocycles. The number of aliphatic hydroxyl groups excluding tert-OH is 1. The van der Waals surface area contributed by atoms with Crippen LogP contribution in [0.4, 0.5) is 0 Å². The molecule has 1 saturated heterocycles. The van der Waals surface area contributed by atoms with Crippen LogP contribution >= 0.6 is 0 Å². The lowest BCUT2D eigenvalue weighted by atomic mass is 9.98. The minimum Gasteiger partial charge on any atom is -0.453 e. The summed E-state index contributed by atoms with van der Waals surface area (Å²) in [5.41, 5.74) is 6.99. The van der Waals surface area contributed by atoms with E-state index in [1.165, 1.54) is 12.5 Å². The second-order valence-corrected chi connectivity index (χ2v) is 12.2. The summed E-state index contributed by atoms with van der Waals surface area (Å²) < 4.78 is 18.3. The summed E-state index contributed by atoms with van der Waals surface area (Å²) in [6, 6.07) is 34.8. The third-order valence-electron chi connectivity index (χ3n) is 8.65. The summed E-state index contributed by atoms with van der Waals surface area (Å²) >= 11 is 0. The van der Waals surface area contributed by atoms with E-state index in [2.05, 4.69) is 54.5 Å². The number of ether oxygens (including phenoxy) is 3. The molecular weight excluding hydrogens is 592 g/mol. The monoisotopic (exact) mass is 636 g/mol. The molecule has 47 heavy (non-hydrogen) atoms. The van der Waals surface area contributed by atoms with Crippen LogP contribution in [0.1, 0.15) is 73.4 Å². The van der Waals surface area contributed by atoms with Gasteiger partial charge in [0, 0.05) is 38.0 Å². The van der Waals surface area contributed by atoms with Gasteiger partial charge in [-0.1, -0.05) is 91.0 Å². The molecule has 0 aromatic heterocycles. The van der Waals surface area contributed by atoms with Gasteiger partial charge in [-0.3, -0.25) is 14.5 Å². The summed E-state index contributed by atoms with van der Waals surface area (Å²) in [5.74, 6) is -0.843. The topological polar surface area (TPSA) is 97.3 Å². The fourth-order valence-electron chi connectivity index (χ4n) is 5.86. The van der Waals surface area contributed by atoms with Crippen LogP contribution in [-0.4, -0.2) is 47.7 Å². The largest absolute Gasteiger partial charge is 0.453 e. The molecule has 1 aliphatic rings. The Kier molecular flexibility index (Phi) is 11.6. The number of amides is 1. The van der Waals surface area contributed by atoms with E-state index in [0.29, 0.717) is 13.0 Å². The third kappa shape index (κ3) is 9.14. The highest BCUT2D eigenvalue weighted by atomic mass is 16.7. The number of rotatable bonds is 12. The van der Waals surface area contributed by atoms with Crippen molar-refractivity contribution >= 4 is 11.9 Å². The van der Waals surface area contributed by atoms with Gasteiger partial charge in [0.25, 0.3) is 5.91 Å². The van der Waals surface area contributed by atoms with Gasteiger partial charge in [-0.05, 0) is 66.4 Å². The molecule has 2 N–H and O–H groups in total. The highest BCUT2D eigenvalue weighted by molar-refractivity contribution is 5.82. The van der Waals surface area contributed by atoms with Gasteiger partial charge in [0.2, 0.25) is 0 Å². The summed E-state index contributed by atoms with van der Waals surface area (Å²) in [6.07, 6.45) is -1.01. The lowest BCUT2D eigenvalue weighted by Gasteiger charge is -2.39. The van der Waals surface area contributed by atoms with Crippen molar-refractivity contribution in [1.82, 2.24) is 10.2 Å². The first-order valence-electron chi connectivity index (χ1n) is 16.1. The molecule has 0 aliphatic carbocycles. The van der Waals surface area contributed by atoms with E-state index in [9.17, 15) is 14.7 Å². The average molecular weight is 637 g/mol. The van der Waals surface area contributed by atoms with E-state index in [4.69, 9.17) is 14.2 Å². The van der Waals surface area contributed by atoms with Gasteiger partial charge in [0.1, 0.15) is 0 Å². The molecule has 1 heterocycles. The number of carbonyl (C=O) groups excluding carboxylic acids is 2. The lowest BCUT2D eigenvalue weighted by molar-refractivity contribution is -0.253. The zero-order valence-corrected chi connectivity index (χ0v) is 27.5. The zero-order chi connectivity index (χ0) is 33.3. The highest BCUT2D eigenvalue weighted by Crippen LogP contribution is 2.39. The molecule has 1 aliphatic heterocycles. The number of nitrogens with zero attached hydrogens (tertiary/aromatic N) is 1. The fourth-order valence-corrected chi connectivity index (χ4v) is 5.86. The number of hydrogen-bond acceptors (Lipinski definition) is 7. The Morgan fingerprint density at radius 1 is 0.872 bits per heavy atom. The number of hydrogen-bond donors (Lipinski definition) is 2. The molecule has 8 heteroatoms. The Morgan fingerprint density at radius 3 is 2.28 bits per heavy atom. The summed E-state index contributed by atoms with van der Waals surface area (Å²) in [5, 5.41) is 12.4. The standard InChI is InChI=1S/C39H44N2O6/c1-26(31-11-6-5-7-12-31)41(4)24-36-22-37(32-18-16-29(25-42)17-19-32)47-39(46-36)35-15-9-14-34(21-35)33-13-8-10-30(20-33)23-40-38(44)27(2)45-28(3)43/h5-21,26-27,36-37,39,42H,22-25H2,1-4H3,(H,40,44). The minimum atomic E-state index is -0.857. The first-order chi connectivity index (χ1) is 22.7. The van der Waals surface area contributed by atoms with E-state index in [-0.39, 0.29) is 30.8 Å². The van der Waals surface area contributed by atoms with E-state index in [1.54, 1.807) is 6.92 Å². The number of likely N-dealkylation sites (N-methyl/N-ethyl adjacent to an activating group) is 1. The van der Waals surface area contributed by atoms with Crippen molar-refractivity contribution < 1.29 is 28.9 Å². The summed E-state index contributed by atoms with van der Waals surface area (Å²) in [6.45, 7) is 6.07. The maximum atomic E-state index is 12.4. The van der Waals surface area contributed by atoms with Gasteiger partial charge in [0.15, 0.2) is 12.4 Å². The van der Waals surface area contributed by atoms with Crippen molar-refractivity contribution in [2.75, 3.05) is 13.6 Å². The van der Waals surface area contributed by atoms with Crippen LogP contribution in [0.5, 0.6) is 0 Å². The van der Waals surface area contributed by atoms with E-state index < -0.39 is 18.4 Å². The van der Waals surface area contributed by atoms with Crippen molar-refractivity contribution in [3.63, 3.8) is 0 Å². The van der Waals surface area contributed by atoms with Gasteiger partial charge in [-0.2, -0.15) is 0 Å². The molecule has 1 amide bonds. The van der Waals surface area contributed by atoms with Crippen molar-refractivity contribution in [2.24, 2.45) is 0 Å². The molecule has 4 aromatic rings.